The zero-order valence-corrected chi connectivity index (χ0v) is 11.6. The van der Waals surface area contributed by atoms with Gasteiger partial charge in [-0.15, -0.1) is 0 Å². The molecule has 0 aromatic heterocycles. The molecule has 0 N–H and O–H groups in total. The lowest BCUT2D eigenvalue weighted by molar-refractivity contribution is -0.127. The van der Waals surface area contributed by atoms with Gasteiger partial charge >= 0.3 is 6.09 Å². The van der Waals surface area contributed by atoms with Crippen LogP contribution < -0.4 is 0 Å². The van der Waals surface area contributed by atoms with Gasteiger partial charge in [0.2, 0.25) is 5.91 Å². The van der Waals surface area contributed by atoms with Gasteiger partial charge in [0.05, 0.1) is 0 Å². The molecule has 2 aromatic carbocycles. The summed E-state index contributed by atoms with van der Waals surface area (Å²) in [5.74, 6) is -0.313. The van der Waals surface area contributed by atoms with Crippen LogP contribution in [0.1, 0.15) is 30.2 Å². The van der Waals surface area contributed by atoms with Crippen molar-refractivity contribution in [2.24, 2.45) is 0 Å². The SMILES string of the molecule is CC(=O)N1C(=O)O[C@H](c2ccccc2)[C@@H]1c1ccccc1. The van der Waals surface area contributed by atoms with Crippen molar-refractivity contribution in [2.75, 3.05) is 0 Å². The van der Waals surface area contributed by atoms with Crippen LogP contribution in [-0.4, -0.2) is 16.9 Å². The number of imide groups is 1. The monoisotopic (exact) mass is 281 g/mol. The van der Waals surface area contributed by atoms with E-state index in [-0.39, 0.29) is 5.91 Å². The Hall–Kier alpha value is -2.62. The minimum absolute atomic E-state index is 0.313. The summed E-state index contributed by atoms with van der Waals surface area (Å²) >= 11 is 0. The topological polar surface area (TPSA) is 46.6 Å². The molecule has 4 heteroatoms. The van der Waals surface area contributed by atoms with E-state index in [1.165, 1.54) is 11.8 Å². The number of hydrogen-bond acceptors (Lipinski definition) is 3. The highest BCUT2D eigenvalue weighted by atomic mass is 16.6. The molecule has 2 amide bonds. The largest absolute Gasteiger partial charge is 0.438 e. The summed E-state index contributed by atoms with van der Waals surface area (Å²) in [5, 5.41) is 0. The van der Waals surface area contributed by atoms with Gasteiger partial charge in [0, 0.05) is 6.92 Å². The first-order chi connectivity index (χ1) is 10.2. The molecule has 2 atom stereocenters. The number of carbonyl (C=O) groups is 2. The fourth-order valence-corrected chi connectivity index (χ4v) is 2.67. The van der Waals surface area contributed by atoms with Crippen LogP contribution in [0.2, 0.25) is 0 Å². The molecular weight excluding hydrogens is 266 g/mol. The van der Waals surface area contributed by atoms with E-state index in [0.717, 1.165) is 11.1 Å². The molecule has 0 radical (unpaired) electrons. The molecule has 106 valence electrons. The van der Waals surface area contributed by atoms with Crippen LogP contribution in [0, 0.1) is 0 Å². The van der Waals surface area contributed by atoms with Crippen molar-refractivity contribution in [2.45, 2.75) is 19.1 Å². The maximum Gasteiger partial charge on any atom is 0.417 e. The first-order valence-electron chi connectivity index (χ1n) is 6.79. The van der Waals surface area contributed by atoms with Gasteiger partial charge in [-0.3, -0.25) is 4.79 Å². The molecule has 2 aromatic rings. The normalized spacial score (nSPS) is 21.2. The van der Waals surface area contributed by atoms with Crippen molar-refractivity contribution in [3.63, 3.8) is 0 Å². The highest BCUT2D eigenvalue weighted by Crippen LogP contribution is 2.42. The van der Waals surface area contributed by atoms with Gasteiger partial charge < -0.3 is 4.74 Å². The van der Waals surface area contributed by atoms with Crippen molar-refractivity contribution in [1.82, 2.24) is 4.90 Å². The molecule has 0 unspecified atom stereocenters. The van der Waals surface area contributed by atoms with Gasteiger partial charge in [0.15, 0.2) is 6.10 Å². The molecule has 1 aliphatic rings. The van der Waals surface area contributed by atoms with Gasteiger partial charge in [-0.05, 0) is 11.1 Å². The summed E-state index contributed by atoms with van der Waals surface area (Å²) in [4.78, 5) is 25.1. The lowest BCUT2D eigenvalue weighted by Crippen LogP contribution is -2.32. The van der Waals surface area contributed by atoms with Gasteiger partial charge in [0.25, 0.3) is 0 Å². The summed E-state index contributed by atoms with van der Waals surface area (Å²) < 4.78 is 5.45. The molecule has 1 saturated heterocycles. The van der Waals surface area contributed by atoms with Crippen molar-refractivity contribution < 1.29 is 14.3 Å². The Labute approximate surface area is 123 Å². The average Bonchev–Trinajstić information content (AvgIpc) is 2.86. The molecule has 21 heavy (non-hydrogen) atoms. The molecule has 1 heterocycles. The van der Waals surface area contributed by atoms with Gasteiger partial charge in [-0.2, -0.15) is 0 Å². The van der Waals surface area contributed by atoms with Crippen molar-refractivity contribution in [1.29, 1.82) is 0 Å². The Kier molecular flexibility index (Phi) is 3.44. The predicted molar refractivity (Wildman–Crippen MR) is 77.4 cm³/mol. The molecule has 0 spiro atoms. The van der Waals surface area contributed by atoms with E-state index in [9.17, 15) is 9.59 Å². The number of hydrogen-bond donors (Lipinski definition) is 0. The number of ether oxygens (including phenoxy) is 1. The third-order valence-electron chi connectivity index (χ3n) is 3.60. The van der Waals surface area contributed by atoms with E-state index in [0.29, 0.717) is 0 Å². The molecule has 3 rings (SSSR count). The standard InChI is InChI=1S/C17H15NO3/c1-12(19)18-15(13-8-4-2-5-9-13)16(21-17(18)20)14-10-6-3-7-11-14/h2-11,15-16H,1H3/t15-,16+/m0/s1. The van der Waals surface area contributed by atoms with E-state index in [4.69, 9.17) is 4.74 Å². The lowest BCUT2D eigenvalue weighted by Gasteiger charge is -2.22. The zero-order valence-electron chi connectivity index (χ0n) is 11.6. The minimum atomic E-state index is -0.592. The Morgan fingerprint density at radius 1 is 0.952 bits per heavy atom. The molecule has 0 bridgehead atoms. The Morgan fingerprint density at radius 3 is 2.00 bits per heavy atom. The third-order valence-corrected chi connectivity index (χ3v) is 3.60. The van der Waals surface area contributed by atoms with Gasteiger partial charge in [0.1, 0.15) is 6.04 Å². The Morgan fingerprint density at radius 2 is 1.48 bits per heavy atom. The Bertz CT molecular complexity index is 654. The summed E-state index contributed by atoms with van der Waals surface area (Å²) in [6, 6.07) is 18.5. The van der Waals surface area contributed by atoms with E-state index < -0.39 is 18.2 Å². The average molecular weight is 281 g/mol. The molecule has 1 aliphatic heterocycles. The molecule has 1 fully saturated rings. The first kappa shape index (κ1) is 13.4. The van der Waals surface area contributed by atoms with Crippen LogP contribution in [0.15, 0.2) is 60.7 Å². The van der Waals surface area contributed by atoms with Crippen molar-refractivity contribution in [3.8, 4) is 0 Å². The molecular formula is C17H15NO3. The van der Waals surface area contributed by atoms with Crippen LogP contribution in [0.3, 0.4) is 0 Å². The number of cyclic esters (lactones) is 1. The summed E-state index contributed by atoms with van der Waals surface area (Å²) in [6.45, 7) is 1.38. The molecule has 0 saturated carbocycles. The van der Waals surface area contributed by atoms with Crippen LogP contribution in [0.5, 0.6) is 0 Å². The zero-order chi connectivity index (χ0) is 14.8. The maximum atomic E-state index is 12.1. The van der Waals surface area contributed by atoms with E-state index in [2.05, 4.69) is 0 Å². The lowest BCUT2D eigenvalue weighted by atomic mass is 9.95. The second kappa shape index (κ2) is 5.40. The summed E-state index contributed by atoms with van der Waals surface area (Å²) in [7, 11) is 0. The quantitative estimate of drug-likeness (QED) is 0.846. The third kappa shape index (κ3) is 2.40. The first-order valence-corrected chi connectivity index (χ1v) is 6.79. The second-order valence-electron chi connectivity index (χ2n) is 4.96. The van der Waals surface area contributed by atoms with Crippen molar-refractivity contribution >= 4 is 12.0 Å². The van der Waals surface area contributed by atoms with Gasteiger partial charge in [-0.1, -0.05) is 60.7 Å². The number of nitrogens with zero attached hydrogens (tertiary/aromatic N) is 1. The maximum absolute atomic E-state index is 12.1. The van der Waals surface area contributed by atoms with Crippen LogP contribution in [0.4, 0.5) is 4.79 Å². The van der Waals surface area contributed by atoms with E-state index in [1.807, 2.05) is 60.7 Å². The van der Waals surface area contributed by atoms with E-state index >= 15 is 0 Å². The fraction of sp³-hybridized carbons (Fsp3) is 0.176. The van der Waals surface area contributed by atoms with E-state index in [1.54, 1.807) is 0 Å². The molecule has 0 aliphatic carbocycles. The van der Waals surface area contributed by atoms with Crippen molar-refractivity contribution in [3.05, 3.63) is 71.8 Å². The highest BCUT2D eigenvalue weighted by molar-refractivity contribution is 5.92. The summed E-state index contributed by atoms with van der Waals surface area (Å²) in [6.07, 6.45) is -1.07. The highest BCUT2D eigenvalue weighted by Gasteiger charge is 2.45. The van der Waals surface area contributed by atoms with Crippen LogP contribution >= 0.6 is 0 Å². The van der Waals surface area contributed by atoms with Crippen LogP contribution in [-0.2, 0) is 9.53 Å². The number of amides is 2. The number of rotatable bonds is 2. The smallest absolute Gasteiger partial charge is 0.417 e. The molecule has 4 nitrogen and oxygen atoms in total. The van der Waals surface area contributed by atoms with Crippen LogP contribution in [0.25, 0.3) is 0 Å². The predicted octanol–water partition coefficient (Wildman–Crippen LogP) is 3.47. The second-order valence-corrected chi connectivity index (χ2v) is 4.96. The number of carbonyl (C=O) groups excluding carboxylic acids is 2. The number of benzene rings is 2. The Balaban J connectivity index is 2.07. The van der Waals surface area contributed by atoms with Gasteiger partial charge in [-0.25, -0.2) is 9.69 Å². The summed E-state index contributed by atoms with van der Waals surface area (Å²) in [5.41, 5.74) is 1.76. The fourth-order valence-electron chi connectivity index (χ4n) is 2.67. The minimum Gasteiger partial charge on any atom is -0.438 e.